The Labute approximate surface area is 128 Å². The summed E-state index contributed by atoms with van der Waals surface area (Å²) >= 11 is 0. The molecule has 1 atom stereocenters. The van der Waals surface area contributed by atoms with Gasteiger partial charge in [-0.1, -0.05) is 31.5 Å². The van der Waals surface area contributed by atoms with Crippen LogP contribution in [-0.2, 0) is 4.79 Å². The molecule has 0 spiro atoms. The normalized spacial score (nSPS) is 20.0. The third-order valence-corrected chi connectivity index (χ3v) is 4.54. The largest absolute Gasteiger partial charge is 0.325 e. The minimum atomic E-state index is -0.155. The molecule has 1 aliphatic rings. The number of aryl methyl sites for hydroxylation is 1. The highest BCUT2D eigenvalue weighted by atomic mass is 16.2. The molecule has 1 amide bonds. The molecule has 2 rings (SSSR count). The Morgan fingerprint density at radius 1 is 1.19 bits per heavy atom. The third kappa shape index (κ3) is 4.85. The number of hydrogen-bond donors (Lipinski definition) is 2. The van der Waals surface area contributed by atoms with Crippen LogP contribution < -0.4 is 10.6 Å². The first-order valence-corrected chi connectivity index (χ1v) is 7.99. The molecule has 0 bridgehead atoms. The first kappa shape index (κ1) is 16.0. The lowest BCUT2D eigenvalue weighted by molar-refractivity contribution is -0.118. The van der Waals surface area contributed by atoms with Crippen LogP contribution in [0.2, 0.25) is 0 Å². The summed E-state index contributed by atoms with van der Waals surface area (Å²) in [5, 5.41) is 6.45. The lowest BCUT2D eigenvalue weighted by Gasteiger charge is -2.35. The van der Waals surface area contributed by atoms with Gasteiger partial charge in [-0.2, -0.15) is 0 Å². The first-order chi connectivity index (χ1) is 9.85. The van der Waals surface area contributed by atoms with E-state index in [0.717, 1.165) is 18.5 Å². The van der Waals surface area contributed by atoms with Gasteiger partial charge in [0.15, 0.2) is 0 Å². The van der Waals surface area contributed by atoms with Crippen molar-refractivity contribution in [3.8, 4) is 0 Å². The van der Waals surface area contributed by atoms with Gasteiger partial charge in [0.2, 0.25) is 5.91 Å². The van der Waals surface area contributed by atoms with Crippen molar-refractivity contribution in [2.75, 3.05) is 5.32 Å². The molecule has 1 unspecified atom stereocenters. The van der Waals surface area contributed by atoms with Crippen molar-refractivity contribution < 1.29 is 4.79 Å². The summed E-state index contributed by atoms with van der Waals surface area (Å²) in [6, 6.07) is 8.23. The molecule has 0 aliphatic heterocycles. The van der Waals surface area contributed by atoms with Crippen molar-refractivity contribution in [1.29, 1.82) is 0 Å². The van der Waals surface area contributed by atoms with Gasteiger partial charge in [-0.25, -0.2) is 0 Å². The Kier molecular flexibility index (Phi) is 5.04. The van der Waals surface area contributed by atoms with E-state index < -0.39 is 0 Å². The zero-order valence-electron chi connectivity index (χ0n) is 13.7. The summed E-state index contributed by atoms with van der Waals surface area (Å²) in [4.78, 5) is 12.2. The van der Waals surface area contributed by atoms with Crippen LogP contribution in [-0.4, -0.2) is 18.0 Å². The van der Waals surface area contributed by atoms with Crippen LogP contribution in [0.1, 0.15) is 52.0 Å². The van der Waals surface area contributed by atoms with Crippen molar-refractivity contribution in [2.45, 2.75) is 65.5 Å². The molecule has 3 nitrogen and oxygen atoms in total. The molecule has 2 N–H and O–H groups in total. The number of amides is 1. The van der Waals surface area contributed by atoms with Crippen molar-refractivity contribution in [2.24, 2.45) is 5.41 Å². The summed E-state index contributed by atoms with van der Waals surface area (Å²) < 4.78 is 0. The van der Waals surface area contributed by atoms with Crippen LogP contribution in [0.25, 0.3) is 0 Å². The number of nitrogens with one attached hydrogen (secondary N) is 2. The zero-order chi connectivity index (χ0) is 15.5. The van der Waals surface area contributed by atoms with E-state index in [2.05, 4.69) is 24.5 Å². The minimum Gasteiger partial charge on any atom is -0.325 e. The van der Waals surface area contributed by atoms with Gasteiger partial charge in [0.05, 0.1) is 6.04 Å². The predicted octanol–water partition coefficient (Wildman–Crippen LogP) is 3.88. The summed E-state index contributed by atoms with van der Waals surface area (Å²) in [5.41, 5.74) is 2.53. The van der Waals surface area contributed by atoms with Gasteiger partial charge in [-0.3, -0.25) is 4.79 Å². The number of benzene rings is 1. The molecule has 0 heterocycles. The Morgan fingerprint density at radius 3 is 2.33 bits per heavy atom. The molecular formula is C18H28N2O. The fourth-order valence-electron chi connectivity index (χ4n) is 2.88. The van der Waals surface area contributed by atoms with E-state index in [4.69, 9.17) is 0 Å². The maximum Gasteiger partial charge on any atom is 0.241 e. The molecule has 1 saturated carbocycles. The fraction of sp³-hybridized carbons (Fsp3) is 0.611. The number of rotatable bonds is 4. The average Bonchev–Trinajstić information content (AvgIpc) is 2.43. The van der Waals surface area contributed by atoms with Gasteiger partial charge in [0.1, 0.15) is 0 Å². The van der Waals surface area contributed by atoms with Crippen molar-refractivity contribution in [3.05, 3.63) is 29.8 Å². The Balaban J connectivity index is 1.81. The van der Waals surface area contributed by atoms with Crippen LogP contribution in [0.4, 0.5) is 5.69 Å². The van der Waals surface area contributed by atoms with E-state index in [-0.39, 0.29) is 11.9 Å². The lowest BCUT2D eigenvalue weighted by atomic mass is 9.75. The second kappa shape index (κ2) is 6.61. The van der Waals surface area contributed by atoms with E-state index in [1.165, 1.54) is 18.4 Å². The van der Waals surface area contributed by atoms with E-state index in [1.807, 2.05) is 38.1 Å². The van der Waals surface area contributed by atoms with Gasteiger partial charge in [-0.15, -0.1) is 0 Å². The van der Waals surface area contributed by atoms with Crippen LogP contribution in [0.3, 0.4) is 0 Å². The molecule has 1 fully saturated rings. The molecule has 1 aromatic carbocycles. The van der Waals surface area contributed by atoms with Crippen LogP contribution >= 0.6 is 0 Å². The number of carbonyl (C=O) groups is 1. The highest BCUT2D eigenvalue weighted by Gasteiger charge is 2.28. The van der Waals surface area contributed by atoms with Gasteiger partial charge in [-0.05, 0) is 57.1 Å². The molecule has 3 heteroatoms. The Morgan fingerprint density at radius 2 is 1.76 bits per heavy atom. The standard InChI is InChI=1S/C18H28N2O/c1-13-5-7-15(8-6-13)20-17(21)14(2)19-16-9-11-18(3,4)12-10-16/h5-8,14,16,19H,9-12H2,1-4H3,(H,20,21). The fourth-order valence-corrected chi connectivity index (χ4v) is 2.88. The third-order valence-electron chi connectivity index (χ3n) is 4.54. The predicted molar refractivity (Wildman–Crippen MR) is 88.4 cm³/mol. The van der Waals surface area contributed by atoms with Crippen molar-refractivity contribution >= 4 is 11.6 Å². The van der Waals surface area contributed by atoms with Crippen LogP contribution in [0.5, 0.6) is 0 Å². The van der Waals surface area contributed by atoms with Gasteiger partial charge in [0.25, 0.3) is 0 Å². The maximum atomic E-state index is 12.2. The quantitative estimate of drug-likeness (QED) is 0.882. The topological polar surface area (TPSA) is 41.1 Å². The monoisotopic (exact) mass is 288 g/mol. The molecule has 1 aliphatic carbocycles. The van der Waals surface area contributed by atoms with E-state index >= 15 is 0 Å². The molecule has 21 heavy (non-hydrogen) atoms. The lowest BCUT2D eigenvalue weighted by Crippen LogP contribution is -2.46. The Bertz CT molecular complexity index is 468. The van der Waals surface area contributed by atoms with Crippen molar-refractivity contribution in [1.82, 2.24) is 5.32 Å². The van der Waals surface area contributed by atoms with E-state index in [0.29, 0.717) is 11.5 Å². The van der Waals surface area contributed by atoms with E-state index in [1.54, 1.807) is 0 Å². The minimum absolute atomic E-state index is 0.0451. The number of anilines is 1. The summed E-state index contributed by atoms with van der Waals surface area (Å²) in [5.74, 6) is 0.0451. The summed E-state index contributed by atoms with van der Waals surface area (Å²) in [6.07, 6.45) is 4.79. The highest BCUT2D eigenvalue weighted by Crippen LogP contribution is 2.35. The second-order valence-corrected chi connectivity index (χ2v) is 7.18. The zero-order valence-corrected chi connectivity index (χ0v) is 13.7. The second-order valence-electron chi connectivity index (χ2n) is 7.18. The summed E-state index contributed by atoms with van der Waals surface area (Å²) in [6.45, 7) is 8.65. The molecule has 0 aromatic heterocycles. The first-order valence-electron chi connectivity index (χ1n) is 7.99. The van der Waals surface area contributed by atoms with Gasteiger partial charge < -0.3 is 10.6 Å². The van der Waals surface area contributed by atoms with Crippen LogP contribution in [0, 0.1) is 12.3 Å². The average molecular weight is 288 g/mol. The number of hydrogen-bond acceptors (Lipinski definition) is 2. The molecule has 1 aromatic rings. The Hall–Kier alpha value is -1.35. The van der Waals surface area contributed by atoms with E-state index in [9.17, 15) is 4.79 Å². The van der Waals surface area contributed by atoms with Gasteiger partial charge in [0, 0.05) is 11.7 Å². The van der Waals surface area contributed by atoms with Crippen LogP contribution in [0.15, 0.2) is 24.3 Å². The van der Waals surface area contributed by atoms with Gasteiger partial charge >= 0.3 is 0 Å². The molecule has 0 saturated heterocycles. The maximum absolute atomic E-state index is 12.2. The van der Waals surface area contributed by atoms with Crippen molar-refractivity contribution in [3.63, 3.8) is 0 Å². The highest BCUT2D eigenvalue weighted by molar-refractivity contribution is 5.94. The summed E-state index contributed by atoms with van der Waals surface area (Å²) in [7, 11) is 0. The molecule has 116 valence electrons. The smallest absolute Gasteiger partial charge is 0.241 e. The SMILES string of the molecule is Cc1ccc(NC(=O)C(C)NC2CCC(C)(C)CC2)cc1. The molecule has 0 radical (unpaired) electrons. The molecular weight excluding hydrogens is 260 g/mol. The number of carbonyl (C=O) groups excluding carboxylic acids is 1.